The molecule has 0 fully saturated rings. The maximum absolute atomic E-state index is 12.2. The first-order chi connectivity index (χ1) is 23.1. The van der Waals surface area contributed by atoms with Crippen LogP contribution in [-0.2, 0) is 19.1 Å². The number of amides is 2. The van der Waals surface area contributed by atoms with Crippen LogP contribution in [-0.4, -0.2) is 135 Å². The van der Waals surface area contributed by atoms with E-state index >= 15 is 0 Å². The van der Waals surface area contributed by atoms with Gasteiger partial charge in [-0.15, -0.1) is 0 Å². The fraction of sp³-hybridized carbons (Fsp3) is 0.357. The number of aromatic carboxylic acids is 2. The summed E-state index contributed by atoms with van der Waals surface area (Å²) in [6.07, 6.45) is 0. The molecule has 0 radical (unpaired) electrons. The fourth-order valence-electron chi connectivity index (χ4n) is 3.40. The summed E-state index contributed by atoms with van der Waals surface area (Å²) in [5.41, 5.74) is 2.52. The van der Waals surface area contributed by atoms with Crippen molar-refractivity contribution in [2.45, 2.75) is 0 Å². The Bertz CT molecular complexity index is 1510. The van der Waals surface area contributed by atoms with E-state index in [1.807, 2.05) is 90.4 Å². The van der Waals surface area contributed by atoms with Crippen molar-refractivity contribution in [3.05, 3.63) is 43.7 Å². The van der Waals surface area contributed by atoms with E-state index in [4.69, 9.17) is 10.2 Å². The Balaban J connectivity index is 0.000000742. The second kappa shape index (κ2) is 23.7. The van der Waals surface area contributed by atoms with Crippen molar-refractivity contribution in [2.24, 2.45) is 0 Å². The molecule has 0 heterocycles. The van der Waals surface area contributed by atoms with Gasteiger partial charge < -0.3 is 50.3 Å². The number of carbonyl (C=O) groups excluding carboxylic acids is 2. The van der Waals surface area contributed by atoms with Gasteiger partial charge in [-0.2, -0.15) is 0 Å². The monoisotopic (exact) mass is 1380 g/mol. The van der Waals surface area contributed by atoms with Crippen molar-refractivity contribution in [1.82, 2.24) is 9.80 Å². The lowest BCUT2D eigenvalue weighted by molar-refractivity contribution is -0.146. The summed E-state index contributed by atoms with van der Waals surface area (Å²) in [6, 6.07) is 0. The number of hydrogen-bond acceptors (Lipinski definition) is 10. The van der Waals surface area contributed by atoms with Crippen molar-refractivity contribution in [3.63, 3.8) is 0 Å². The number of hydrogen-bond donors (Lipinski definition) is 6. The number of carboxylic acid groups (broad SMARTS) is 4. The lowest BCUT2D eigenvalue weighted by Gasteiger charge is -2.19. The Morgan fingerprint density at radius 3 is 0.980 bits per heavy atom. The lowest BCUT2D eigenvalue weighted by atomic mass is 10.1. The topological polar surface area (TPSA) is 232 Å². The Morgan fingerprint density at radius 1 is 0.520 bits per heavy atom. The third-order valence-corrected chi connectivity index (χ3v) is 12.1. The molecule has 0 atom stereocenters. The average Bonchev–Trinajstić information content (AvgIpc) is 2.99. The number of nitrogens with zero attached hydrogens (tertiary/aromatic N) is 2. The highest BCUT2D eigenvalue weighted by atomic mass is 127. The van der Waals surface area contributed by atoms with Crippen LogP contribution in [0.4, 0.5) is 11.4 Å². The predicted molar refractivity (Wildman–Crippen MR) is 235 cm³/mol. The van der Waals surface area contributed by atoms with Crippen LogP contribution < -0.4 is 10.6 Å². The van der Waals surface area contributed by atoms with Crippen LogP contribution in [0.15, 0.2) is 0 Å². The van der Waals surface area contributed by atoms with Gasteiger partial charge in [0.2, 0.25) is 0 Å². The van der Waals surface area contributed by atoms with E-state index < -0.39 is 37.1 Å². The van der Waals surface area contributed by atoms with Gasteiger partial charge in [0, 0.05) is 49.4 Å². The Morgan fingerprint density at radius 2 is 0.780 bits per heavy atom. The number of rotatable bonds is 13. The summed E-state index contributed by atoms with van der Waals surface area (Å²) >= 11 is 12.0. The standard InChI is InChI=1S/2C11H11I3N2O3.C6H10O6/c2*1-15-9-7(13)4(10(17)16(2)3)6(12)5(8(9)14)11(18)19;7-5(8)3-11-1-2-12-4-6(9)10/h2*15H,1-3H3,(H,18,19);1-4H2,(H,7,8)(H,9,10). The van der Waals surface area contributed by atoms with Gasteiger partial charge in [0.25, 0.3) is 11.8 Å². The summed E-state index contributed by atoms with van der Waals surface area (Å²) in [5, 5.41) is 40.8. The first-order valence-corrected chi connectivity index (χ1v) is 19.8. The van der Waals surface area contributed by atoms with Crippen LogP contribution in [0.5, 0.6) is 0 Å². The number of carboxylic acids is 4. The highest BCUT2D eigenvalue weighted by Gasteiger charge is 2.29. The first-order valence-electron chi connectivity index (χ1n) is 13.4. The SMILES string of the molecule is CNc1c(I)c(C(=O)O)c(I)c(C(=O)N(C)C)c1I.CNc1c(I)c(C(=O)O)c(I)c(C(=O)N(C)C)c1I.O=C(O)COCCOCC(=O)O. The molecule has 0 aliphatic carbocycles. The molecule has 0 aliphatic heterocycles. The number of ether oxygens (including phenoxy) is 2. The van der Waals surface area contributed by atoms with Gasteiger partial charge >= 0.3 is 23.9 Å². The second-order valence-corrected chi connectivity index (χ2v) is 16.0. The van der Waals surface area contributed by atoms with E-state index in [0.29, 0.717) is 36.8 Å². The number of anilines is 2. The Kier molecular flexibility index (Phi) is 23.3. The van der Waals surface area contributed by atoms with E-state index in [2.05, 4.69) is 65.3 Å². The van der Waals surface area contributed by atoms with E-state index in [1.165, 1.54) is 9.80 Å². The molecule has 0 aliphatic rings. The fourth-order valence-corrected chi connectivity index (χ4v) is 12.7. The molecule has 16 nitrogen and oxygen atoms in total. The van der Waals surface area contributed by atoms with Crippen LogP contribution in [0.1, 0.15) is 41.4 Å². The first kappa shape index (κ1) is 49.2. The van der Waals surface area contributed by atoms with Crippen LogP contribution in [0.2, 0.25) is 0 Å². The minimum atomic E-state index is -1.06. The molecular weight excluding hydrogens is 1350 g/mol. The van der Waals surface area contributed by atoms with Crippen LogP contribution in [0.25, 0.3) is 0 Å². The zero-order chi connectivity index (χ0) is 39.2. The normalized spacial score (nSPS) is 10.1. The molecule has 0 spiro atoms. The largest absolute Gasteiger partial charge is 0.480 e. The van der Waals surface area contributed by atoms with E-state index in [9.17, 15) is 39.0 Å². The molecule has 2 rings (SSSR count). The summed E-state index contributed by atoms with van der Waals surface area (Å²) in [7, 11) is 10.00. The van der Waals surface area contributed by atoms with E-state index in [0.717, 1.165) is 7.14 Å². The number of carbonyl (C=O) groups is 6. The van der Waals surface area contributed by atoms with Crippen molar-refractivity contribution < 1.29 is 58.7 Å². The molecule has 278 valence electrons. The maximum Gasteiger partial charge on any atom is 0.337 e. The highest BCUT2D eigenvalue weighted by molar-refractivity contribution is 14.1. The lowest BCUT2D eigenvalue weighted by Crippen LogP contribution is -2.26. The molecular formula is C28H32I6N4O12. The van der Waals surface area contributed by atoms with Crippen LogP contribution in [0.3, 0.4) is 0 Å². The van der Waals surface area contributed by atoms with Crippen LogP contribution >= 0.6 is 136 Å². The molecule has 6 N–H and O–H groups in total. The molecule has 0 saturated carbocycles. The van der Waals surface area contributed by atoms with Gasteiger partial charge in [0.1, 0.15) is 13.2 Å². The van der Waals surface area contributed by atoms with E-state index in [1.54, 1.807) is 42.3 Å². The van der Waals surface area contributed by atoms with Crippen molar-refractivity contribution in [3.8, 4) is 0 Å². The molecule has 0 unspecified atom stereocenters. The molecule has 0 aromatic heterocycles. The third kappa shape index (κ3) is 14.2. The Hall–Kier alpha value is -0.840. The number of nitrogens with one attached hydrogen (secondary N) is 2. The van der Waals surface area contributed by atoms with Crippen molar-refractivity contribution >= 4 is 183 Å². The number of aliphatic carboxylic acids is 2. The molecule has 2 aromatic carbocycles. The summed E-state index contributed by atoms with van der Waals surface area (Å²) in [4.78, 5) is 69.9. The smallest absolute Gasteiger partial charge is 0.337 e. The van der Waals surface area contributed by atoms with Gasteiger partial charge in [0.05, 0.1) is 61.1 Å². The van der Waals surface area contributed by atoms with E-state index in [-0.39, 0.29) is 36.2 Å². The molecule has 22 heteroatoms. The summed E-state index contributed by atoms with van der Waals surface area (Å²) in [5.74, 6) is -4.60. The van der Waals surface area contributed by atoms with Gasteiger partial charge in [-0.05, 0) is 136 Å². The summed E-state index contributed by atoms with van der Waals surface area (Å²) < 4.78 is 12.7. The van der Waals surface area contributed by atoms with Gasteiger partial charge in [-0.1, -0.05) is 0 Å². The Labute approximate surface area is 369 Å². The summed E-state index contributed by atoms with van der Waals surface area (Å²) in [6.45, 7) is -0.619. The quantitative estimate of drug-likeness (QED) is 0.114. The average molecular weight is 1380 g/mol. The molecule has 0 bridgehead atoms. The van der Waals surface area contributed by atoms with Gasteiger partial charge in [-0.3, -0.25) is 9.59 Å². The zero-order valence-electron chi connectivity index (χ0n) is 27.0. The van der Waals surface area contributed by atoms with Gasteiger partial charge in [-0.25, -0.2) is 19.2 Å². The zero-order valence-corrected chi connectivity index (χ0v) is 40.0. The highest BCUT2D eigenvalue weighted by Crippen LogP contribution is 2.37. The maximum atomic E-state index is 12.2. The second-order valence-electron chi connectivity index (χ2n) is 9.54. The molecule has 50 heavy (non-hydrogen) atoms. The molecule has 2 aromatic rings. The molecule has 2 amide bonds. The minimum Gasteiger partial charge on any atom is -0.480 e. The number of halogens is 6. The van der Waals surface area contributed by atoms with Crippen LogP contribution in [0, 0.1) is 21.4 Å². The van der Waals surface area contributed by atoms with Gasteiger partial charge in [0.15, 0.2) is 0 Å². The van der Waals surface area contributed by atoms with Crippen molar-refractivity contribution in [2.75, 3.05) is 79.3 Å². The molecule has 0 saturated heterocycles. The minimum absolute atomic E-state index is 0.0829. The number of benzene rings is 2. The van der Waals surface area contributed by atoms with Crippen molar-refractivity contribution in [1.29, 1.82) is 0 Å². The predicted octanol–water partition coefficient (Wildman–Crippen LogP) is 5.07. The third-order valence-electron chi connectivity index (χ3n) is 5.62.